The zero-order chi connectivity index (χ0) is 24.6. The molecule has 0 spiro atoms. The Labute approximate surface area is 207 Å². The van der Waals surface area contributed by atoms with Crippen LogP contribution < -0.4 is 9.47 Å². The summed E-state index contributed by atoms with van der Waals surface area (Å²) < 4.78 is 11.3. The molecule has 6 nitrogen and oxygen atoms in total. The van der Waals surface area contributed by atoms with Gasteiger partial charge in [0.1, 0.15) is 11.5 Å². The molecule has 1 heterocycles. The molecule has 1 aliphatic rings. The van der Waals surface area contributed by atoms with Gasteiger partial charge in [-0.25, -0.2) is 4.79 Å². The van der Waals surface area contributed by atoms with Gasteiger partial charge in [0.2, 0.25) is 0 Å². The Morgan fingerprint density at radius 1 is 1.00 bits per heavy atom. The highest BCUT2D eigenvalue weighted by Gasteiger charge is 2.38. The summed E-state index contributed by atoms with van der Waals surface area (Å²) in [4.78, 5) is 27.5. The van der Waals surface area contributed by atoms with Gasteiger partial charge in [0.25, 0.3) is 5.91 Å². The first-order valence-corrected chi connectivity index (χ1v) is 11.4. The average molecular weight is 500 g/mol. The first-order valence-electron chi connectivity index (χ1n) is 10.6. The lowest BCUT2D eigenvalue weighted by Crippen LogP contribution is -2.41. The van der Waals surface area contributed by atoms with Crippen LogP contribution in [0.1, 0.15) is 49.0 Å². The minimum absolute atomic E-state index is 0.0515. The fraction of sp³-hybridized carbons (Fsp3) is 0.231. The van der Waals surface area contributed by atoms with E-state index in [0.717, 1.165) is 16.7 Å². The van der Waals surface area contributed by atoms with Crippen molar-refractivity contribution in [1.82, 2.24) is 4.90 Å². The van der Waals surface area contributed by atoms with Crippen molar-refractivity contribution in [3.05, 3.63) is 92.0 Å². The Bertz CT molecular complexity index is 1290. The van der Waals surface area contributed by atoms with E-state index >= 15 is 0 Å². The van der Waals surface area contributed by atoms with E-state index in [2.05, 4.69) is 0 Å². The third-order valence-electron chi connectivity index (χ3n) is 6.07. The van der Waals surface area contributed by atoms with Crippen LogP contribution in [0.3, 0.4) is 0 Å². The smallest absolute Gasteiger partial charge is 0.336 e. The van der Waals surface area contributed by atoms with Crippen molar-refractivity contribution >= 4 is 35.1 Å². The second-order valence-corrected chi connectivity index (χ2v) is 8.80. The molecule has 0 saturated carbocycles. The number of carboxylic acid groups (broad SMARTS) is 1. The van der Waals surface area contributed by atoms with Crippen LogP contribution in [0.5, 0.6) is 11.5 Å². The van der Waals surface area contributed by atoms with Crippen molar-refractivity contribution in [2.45, 2.75) is 19.4 Å². The number of fused-ring (bicyclic) bond motifs is 1. The quantitative estimate of drug-likeness (QED) is 0.479. The number of hydrogen-bond donors (Lipinski definition) is 1. The van der Waals surface area contributed by atoms with Gasteiger partial charge in [0, 0.05) is 17.7 Å². The maximum atomic E-state index is 13.9. The van der Waals surface area contributed by atoms with Gasteiger partial charge in [-0.2, -0.15) is 0 Å². The normalized spacial score (nSPS) is 15.0. The summed E-state index contributed by atoms with van der Waals surface area (Å²) in [5.74, 6) is -0.348. The molecule has 0 radical (unpaired) electrons. The molecule has 0 aromatic heterocycles. The van der Waals surface area contributed by atoms with Crippen LogP contribution >= 0.6 is 23.2 Å². The van der Waals surface area contributed by atoms with E-state index in [1.54, 1.807) is 62.4 Å². The molecule has 1 unspecified atom stereocenters. The van der Waals surface area contributed by atoms with Gasteiger partial charge in [-0.1, -0.05) is 47.0 Å². The average Bonchev–Trinajstić information content (AvgIpc) is 2.83. The Morgan fingerprint density at radius 2 is 1.71 bits per heavy atom. The Morgan fingerprint density at radius 3 is 2.38 bits per heavy atom. The van der Waals surface area contributed by atoms with Crippen LogP contribution in [-0.2, 0) is 6.42 Å². The standard InChI is InChI=1S/C26H23Cl2NO5/c1-14-7-8-15(18(13-14)26(31)32)25(30)29-12-11-16-20(33-2)9-10-21(34-3)22(16)24(29)17-5-4-6-19(27)23(17)28/h4-10,13,24H,11-12H2,1-3H3,(H,31,32). The molecule has 34 heavy (non-hydrogen) atoms. The molecule has 1 aliphatic heterocycles. The summed E-state index contributed by atoms with van der Waals surface area (Å²) >= 11 is 13.0. The second kappa shape index (κ2) is 9.57. The lowest BCUT2D eigenvalue weighted by atomic mass is 9.86. The summed E-state index contributed by atoms with van der Waals surface area (Å²) in [5.41, 5.74) is 3.04. The van der Waals surface area contributed by atoms with Crippen LogP contribution in [0.4, 0.5) is 0 Å². The van der Waals surface area contributed by atoms with Crippen LogP contribution in [0.15, 0.2) is 48.5 Å². The van der Waals surface area contributed by atoms with Crippen molar-refractivity contribution in [2.75, 3.05) is 20.8 Å². The van der Waals surface area contributed by atoms with E-state index in [1.807, 2.05) is 6.07 Å². The highest BCUT2D eigenvalue weighted by molar-refractivity contribution is 6.42. The van der Waals surface area contributed by atoms with Gasteiger partial charge >= 0.3 is 5.97 Å². The van der Waals surface area contributed by atoms with Gasteiger partial charge in [-0.3, -0.25) is 4.79 Å². The molecule has 3 aromatic rings. The zero-order valence-corrected chi connectivity index (χ0v) is 20.4. The SMILES string of the molecule is COc1ccc(OC)c2c1CCN(C(=O)c1ccc(C)cc1C(=O)O)C2c1cccc(Cl)c1Cl. The molecule has 1 N–H and O–H groups in total. The van der Waals surface area contributed by atoms with Crippen molar-refractivity contribution < 1.29 is 24.2 Å². The number of halogens is 2. The minimum atomic E-state index is -1.17. The van der Waals surface area contributed by atoms with E-state index < -0.39 is 17.9 Å². The Hall–Kier alpha value is -3.22. The molecule has 4 rings (SSSR count). The maximum absolute atomic E-state index is 13.9. The molecule has 0 bridgehead atoms. The Balaban J connectivity index is 1.97. The molecule has 176 valence electrons. The van der Waals surface area contributed by atoms with Crippen molar-refractivity contribution in [3.63, 3.8) is 0 Å². The fourth-order valence-corrected chi connectivity index (χ4v) is 4.93. The largest absolute Gasteiger partial charge is 0.496 e. The highest BCUT2D eigenvalue weighted by atomic mass is 35.5. The topological polar surface area (TPSA) is 76.1 Å². The number of carbonyl (C=O) groups is 2. The number of aromatic carboxylic acids is 1. The fourth-order valence-electron chi connectivity index (χ4n) is 4.52. The van der Waals surface area contributed by atoms with Crippen LogP contribution in [0, 0.1) is 6.92 Å². The van der Waals surface area contributed by atoms with E-state index in [4.69, 9.17) is 32.7 Å². The number of amides is 1. The highest BCUT2D eigenvalue weighted by Crippen LogP contribution is 2.47. The minimum Gasteiger partial charge on any atom is -0.496 e. The summed E-state index contributed by atoms with van der Waals surface area (Å²) in [6.45, 7) is 2.10. The summed E-state index contributed by atoms with van der Waals surface area (Å²) in [7, 11) is 3.15. The third kappa shape index (κ3) is 4.08. The molecular weight excluding hydrogens is 477 g/mol. The molecule has 1 atom stereocenters. The predicted octanol–water partition coefficient (Wildman–Crippen LogP) is 5.81. The number of aryl methyl sites for hydroxylation is 1. The van der Waals surface area contributed by atoms with Gasteiger partial charge in [-0.15, -0.1) is 0 Å². The number of carboxylic acids is 1. The van der Waals surface area contributed by atoms with Gasteiger partial charge in [0.15, 0.2) is 0 Å². The van der Waals surface area contributed by atoms with Crippen molar-refractivity contribution in [1.29, 1.82) is 0 Å². The van der Waals surface area contributed by atoms with E-state index in [9.17, 15) is 14.7 Å². The van der Waals surface area contributed by atoms with Crippen LogP contribution in [0.25, 0.3) is 0 Å². The number of ether oxygens (including phenoxy) is 2. The lowest BCUT2D eigenvalue weighted by molar-refractivity contribution is 0.0651. The van der Waals surface area contributed by atoms with Crippen molar-refractivity contribution in [2.24, 2.45) is 0 Å². The van der Waals surface area contributed by atoms with E-state index in [0.29, 0.717) is 40.1 Å². The van der Waals surface area contributed by atoms with E-state index in [1.165, 1.54) is 6.07 Å². The maximum Gasteiger partial charge on any atom is 0.336 e. The molecule has 8 heteroatoms. The molecule has 0 saturated heterocycles. The number of carbonyl (C=O) groups excluding carboxylic acids is 1. The van der Waals surface area contributed by atoms with Crippen molar-refractivity contribution in [3.8, 4) is 11.5 Å². The van der Waals surface area contributed by atoms with Crippen LogP contribution in [-0.4, -0.2) is 42.6 Å². The zero-order valence-electron chi connectivity index (χ0n) is 18.9. The summed E-state index contributed by atoms with van der Waals surface area (Å²) in [5, 5.41) is 10.4. The molecule has 0 fully saturated rings. The summed E-state index contributed by atoms with van der Waals surface area (Å²) in [6.07, 6.45) is 0.490. The first kappa shape index (κ1) is 23.9. The van der Waals surface area contributed by atoms with E-state index in [-0.39, 0.29) is 11.1 Å². The van der Waals surface area contributed by atoms with Gasteiger partial charge in [-0.05, 0) is 49.2 Å². The predicted molar refractivity (Wildman–Crippen MR) is 131 cm³/mol. The van der Waals surface area contributed by atoms with Crippen LogP contribution in [0.2, 0.25) is 10.0 Å². The molecular formula is C26H23Cl2NO5. The molecule has 3 aromatic carbocycles. The number of benzene rings is 3. The van der Waals surface area contributed by atoms with Gasteiger partial charge < -0.3 is 19.5 Å². The number of rotatable bonds is 5. The molecule has 1 amide bonds. The summed E-state index contributed by atoms with van der Waals surface area (Å²) in [6, 6.07) is 13.0. The number of methoxy groups -OCH3 is 2. The molecule has 0 aliphatic carbocycles. The third-order valence-corrected chi connectivity index (χ3v) is 6.91. The monoisotopic (exact) mass is 499 g/mol. The lowest BCUT2D eigenvalue weighted by Gasteiger charge is -2.39. The second-order valence-electron chi connectivity index (χ2n) is 8.01. The Kier molecular flexibility index (Phi) is 6.73. The number of nitrogens with zero attached hydrogens (tertiary/aromatic N) is 1. The number of hydrogen-bond acceptors (Lipinski definition) is 4. The first-order chi connectivity index (χ1) is 16.3. The van der Waals surface area contributed by atoms with Gasteiger partial charge in [0.05, 0.1) is 41.4 Å².